The van der Waals surface area contributed by atoms with Gasteiger partial charge in [-0.25, -0.2) is 23.0 Å². The molecule has 2 aliphatic rings. The minimum Gasteiger partial charge on any atom is -0.407 e. The molecule has 192 valence electrons. The van der Waals surface area contributed by atoms with Gasteiger partial charge in [-0.05, 0) is 18.1 Å². The SMILES string of the molecule is O=C(NC1=CS(=S(=O)=O)C=N1)Oc1cc(Cl)c(NCc2cc(CCN3CC(F)C3)ccc2F)cc1F. The van der Waals surface area contributed by atoms with E-state index in [1.807, 2.05) is 4.90 Å². The summed E-state index contributed by atoms with van der Waals surface area (Å²) in [6, 6.07) is 6.80. The van der Waals surface area contributed by atoms with Crippen LogP contribution >= 0.6 is 11.6 Å². The van der Waals surface area contributed by atoms with Gasteiger partial charge in [0.15, 0.2) is 11.6 Å². The average molecular weight is 561 g/mol. The van der Waals surface area contributed by atoms with Gasteiger partial charge in [-0.15, -0.1) is 0 Å². The maximum atomic E-state index is 14.6. The third kappa shape index (κ3) is 6.66. The molecule has 1 fully saturated rings. The van der Waals surface area contributed by atoms with Crippen molar-refractivity contribution in [3.05, 3.63) is 69.3 Å². The van der Waals surface area contributed by atoms with Crippen LogP contribution in [0.25, 0.3) is 0 Å². The van der Waals surface area contributed by atoms with E-state index in [1.54, 1.807) is 12.1 Å². The van der Waals surface area contributed by atoms with Crippen molar-refractivity contribution < 1.29 is 31.1 Å². The van der Waals surface area contributed by atoms with E-state index in [-0.39, 0.29) is 23.1 Å². The Kier molecular flexibility index (Phi) is 8.34. The quantitative estimate of drug-likeness (QED) is 0.510. The summed E-state index contributed by atoms with van der Waals surface area (Å²) < 4.78 is 68.6. The lowest BCUT2D eigenvalue weighted by atomic mass is 10.1. The number of carbonyl (C=O) groups excluding carboxylic acids is 1. The van der Waals surface area contributed by atoms with Gasteiger partial charge >= 0.3 is 6.09 Å². The Bertz CT molecular complexity index is 1390. The number of alkyl halides is 1. The molecule has 2 aliphatic heterocycles. The summed E-state index contributed by atoms with van der Waals surface area (Å²) in [5.74, 6) is -1.86. The molecular formula is C22H20ClF3N4O4S2. The summed E-state index contributed by atoms with van der Waals surface area (Å²) in [4.78, 5) is 17.7. The number of nitrogens with zero attached hydrogens (tertiary/aromatic N) is 2. The largest absolute Gasteiger partial charge is 0.418 e. The van der Waals surface area contributed by atoms with Gasteiger partial charge in [-0.1, -0.05) is 23.7 Å². The zero-order chi connectivity index (χ0) is 25.8. The minimum absolute atomic E-state index is 0.0188. The van der Waals surface area contributed by atoms with Crippen molar-refractivity contribution in [1.82, 2.24) is 10.2 Å². The highest BCUT2D eigenvalue weighted by molar-refractivity contribution is 8.42. The monoisotopic (exact) mass is 560 g/mol. The summed E-state index contributed by atoms with van der Waals surface area (Å²) >= 11 is 6.19. The van der Waals surface area contributed by atoms with Gasteiger partial charge in [0, 0.05) is 58.7 Å². The van der Waals surface area contributed by atoms with E-state index in [0.29, 0.717) is 31.6 Å². The molecule has 2 aromatic rings. The number of carbonyl (C=O) groups is 1. The molecule has 1 atom stereocenters. The molecule has 14 heteroatoms. The Morgan fingerprint density at radius 2 is 2.00 bits per heavy atom. The molecule has 2 N–H and O–H groups in total. The van der Waals surface area contributed by atoms with Gasteiger partial charge in [0.1, 0.15) is 17.8 Å². The van der Waals surface area contributed by atoms with Crippen LogP contribution in [0.15, 0.2) is 46.6 Å². The molecule has 0 aromatic heterocycles. The Labute approximate surface area is 212 Å². The topological polar surface area (TPSA) is 100 Å². The molecule has 8 nitrogen and oxygen atoms in total. The van der Waals surface area contributed by atoms with Crippen LogP contribution in [-0.2, 0) is 31.7 Å². The fourth-order valence-electron chi connectivity index (χ4n) is 3.47. The first-order valence-electron chi connectivity index (χ1n) is 10.6. The summed E-state index contributed by atoms with van der Waals surface area (Å²) in [6.45, 7) is 1.52. The number of benzene rings is 2. The molecule has 2 heterocycles. The fraction of sp³-hybridized carbons (Fsp3) is 0.273. The number of likely N-dealkylation sites (tertiary alicyclic amines) is 1. The van der Waals surface area contributed by atoms with Gasteiger partial charge < -0.3 is 10.1 Å². The predicted octanol–water partition coefficient (Wildman–Crippen LogP) is 3.77. The van der Waals surface area contributed by atoms with Crippen LogP contribution in [0.1, 0.15) is 11.1 Å². The first-order valence-corrected chi connectivity index (χ1v) is 13.9. The number of anilines is 1. The van der Waals surface area contributed by atoms with Crippen LogP contribution < -0.4 is 15.4 Å². The summed E-state index contributed by atoms with van der Waals surface area (Å²) in [5, 5.41) is 6.31. The molecule has 1 unspecified atom stereocenters. The lowest BCUT2D eigenvalue weighted by Gasteiger charge is -2.34. The lowest BCUT2D eigenvalue weighted by Crippen LogP contribution is -2.48. The fourth-order valence-corrected chi connectivity index (χ4v) is 5.31. The molecule has 1 saturated heterocycles. The molecule has 4 rings (SSSR count). The summed E-state index contributed by atoms with van der Waals surface area (Å²) in [5.41, 5.74) is 2.53. The first-order chi connectivity index (χ1) is 17.2. The second kappa shape index (κ2) is 11.5. The molecule has 36 heavy (non-hydrogen) atoms. The molecule has 0 bridgehead atoms. The third-order valence-electron chi connectivity index (χ3n) is 5.34. The van der Waals surface area contributed by atoms with E-state index in [2.05, 4.69) is 15.6 Å². The second-order valence-corrected chi connectivity index (χ2v) is 11.8. The van der Waals surface area contributed by atoms with E-state index in [1.165, 1.54) is 11.5 Å². The zero-order valence-electron chi connectivity index (χ0n) is 18.5. The smallest absolute Gasteiger partial charge is 0.407 e. The van der Waals surface area contributed by atoms with Crippen molar-refractivity contribution in [3.63, 3.8) is 0 Å². The molecule has 2 aromatic carbocycles. The Balaban J connectivity index is 1.36. The van der Waals surface area contributed by atoms with Crippen LogP contribution in [0, 0.1) is 11.6 Å². The van der Waals surface area contributed by atoms with Crippen LogP contribution in [0.5, 0.6) is 5.75 Å². The van der Waals surface area contributed by atoms with Crippen molar-refractivity contribution in [2.24, 2.45) is 4.99 Å². The number of ether oxygens (including phenoxy) is 1. The van der Waals surface area contributed by atoms with Gasteiger partial charge in [0.2, 0.25) is 9.26 Å². The number of rotatable bonds is 8. The molecule has 0 aliphatic carbocycles. The van der Waals surface area contributed by atoms with Crippen LogP contribution in [-0.4, -0.2) is 50.8 Å². The van der Waals surface area contributed by atoms with Crippen molar-refractivity contribution in [3.8, 4) is 5.75 Å². The van der Waals surface area contributed by atoms with Gasteiger partial charge in [-0.3, -0.25) is 10.2 Å². The number of halogens is 4. The highest BCUT2D eigenvalue weighted by Crippen LogP contribution is 2.31. The standard InChI is InChI=1S/C22H20ClF3N4O4S2/c23-16-6-20(34-22(31)29-21-11-35(12-28-21)36(32)33)18(26)7-19(16)27-8-14-5-13(1-2-17(14)25)3-4-30-9-15(24)10-30/h1-2,5-7,11-12,15,27H,3-4,8-10H2,(H,29,31). The normalized spacial score (nSPS) is 17.4. The molecule has 0 spiro atoms. The number of hydrogen-bond acceptors (Lipinski definition) is 7. The van der Waals surface area contributed by atoms with Crippen molar-refractivity contribution in [1.29, 1.82) is 0 Å². The zero-order valence-corrected chi connectivity index (χ0v) is 20.9. The average Bonchev–Trinajstić information content (AvgIpc) is 3.27. The molecular weight excluding hydrogens is 541 g/mol. The first kappa shape index (κ1) is 26.2. The van der Waals surface area contributed by atoms with Crippen molar-refractivity contribution in [2.75, 3.05) is 25.0 Å². The van der Waals surface area contributed by atoms with Crippen LogP contribution in [0.3, 0.4) is 0 Å². The molecule has 0 saturated carbocycles. The van der Waals surface area contributed by atoms with E-state index < -0.39 is 48.4 Å². The highest BCUT2D eigenvalue weighted by atomic mass is 35.5. The number of amides is 1. The van der Waals surface area contributed by atoms with Gasteiger partial charge in [-0.2, -0.15) is 8.42 Å². The molecule has 1 amide bonds. The predicted molar refractivity (Wildman–Crippen MR) is 132 cm³/mol. The Morgan fingerprint density at radius 3 is 2.69 bits per heavy atom. The Morgan fingerprint density at radius 1 is 1.22 bits per heavy atom. The summed E-state index contributed by atoms with van der Waals surface area (Å²) in [7, 11) is -3.67. The highest BCUT2D eigenvalue weighted by Gasteiger charge is 2.25. The lowest BCUT2D eigenvalue weighted by molar-refractivity contribution is 0.0670. The van der Waals surface area contributed by atoms with Crippen LogP contribution in [0.4, 0.5) is 23.7 Å². The van der Waals surface area contributed by atoms with Crippen LogP contribution in [0.2, 0.25) is 5.02 Å². The van der Waals surface area contributed by atoms with Gasteiger partial charge in [0.25, 0.3) is 0 Å². The Hall–Kier alpha value is -2.87. The van der Waals surface area contributed by atoms with E-state index in [4.69, 9.17) is 16.3 Å². The van der Waals surface area contributed by atoms with E-state index in [9.17, 15) is 26.4 Å². The maximum Gasteiger partial charge on any atom is 0.418 e. The van der Waals surface area contributed by atoms with E-state index in [0.717, 1.165) is 23.2 Å². The second-order valence-electron chi connectivity index (χ2n) is 7.93. The number of hydrogen-bond donors (Lipinski definition) is 2. The summed E-state index contributed by atoms with van der Waals surface area (Å²) in [6.07, 6.45) is -1.23. The minimum atomic E-state index is -2.41. The van der Waals surface area contributed by atoms with Gasteiger partial charge in [0.05, 0.1) is 16.3 Å². The number of nitrogens with one attached hydrogen (secondary N) is 2. The van der Waals surface area contributed by atoms with Crippen molar-refractivity contribution in [2.45, 2.75) is 19.1 Å². The molecule has 0 radical (unpaired) electrons. The number of aliphatic imine (C=N–C) groups is 1. The van der Waals surface area contributed by atoms with E-state index >= 15 is 0 Å². The van der Waals surface area contributed by atoms with Crippen molar-refractivity contribution >= 4 is 47.6 Å². The third-order valence-corrected chi connectivity index (χ3v) is 8.23. The maximum absolute atomic E-state index is 14.6.